The van der Waals surface area contributed by atoms with E-state index >= 15 is 0 Å². The summed E-state index contributed by atoms with van der Waals surface area (Å²) >= 11 is 1.65. The number of aromatic hydroxyl groups is 2. The number of nitrogens with zero attached hydrogens (tertiary/aromatic N) is 1. The fourth-order valence-electron chi connectivity index (χ4n) is 3.70. The van der Waals surface area contributed by atoms with Crippen molar-refractivity contribution in [3.8, 4) is 32.4 Å². The lowest BCUT2D eigenvalue weighted by Crippen LogP contribution is -2.09. The highest BCUT2D eigenvalue weighted by Gasteiger charge is 2.13. The van der Waals surface area contributed by atoms with Crippen molar-refractivity contribution < 1.29 is 10.2 Å². The topological polar surface area (TPSA) is 43.7 Å². The molecule has 2 N–H and O–H groups in total. The van der Waals surface area contributed by atoms with Crippen LogP contribution in [0.15, 0.2) is 115 Å². The van der Waals surface area contributed by atoms with Gasteiger partial charge in [-0.25, -0.2) is 0 Å². The maximum atomic E-state index is 9.81. The Hall–Kier alpha value is -4.02. The summed E-state index contributed by atoms with van der Waals surface area (Å²) in [6, 6.07) is 38.3. The van der Waals surface area contributed by atoms with E-state index in [1.807, 2.05) is 48.5 Å². The minimum atomic E-state index is -0.109. The fraction of sp³-hybridized carbons (Fsp3) is 0. The Kier molecular flexibility index (Phi) is 5.36. The molecule has 0 saturated carbocycles. The van der Waals surface area contributed by atoms with Gasteiger partial charge in [-0.2, -0.15) is 0 Å². The minimum Gasteiger partial charge on any atom is -0.504 e. The van der Waals surface area contributed by atoms with Crippen LogP contribution in [0.2, 0.25) is 0 Å². The van der Waals surface area contributed by atoms with Crippen LogP contribution in [0.3, 0.4) is 0 Å². The fourth-order valence-corrected chi connectivity index (χ4v) is 4.71. The molecule has 0 fully saturated rings. The molecule has 4 heteroatoms. The van der Waals surface area contributed by atoms with Gasteiger partial charge in [0, 0.05) is 26.8 Å². The second kappa shape index (κ2) is 8.61. The molecule has 3 nitrogen and oxygen atoms in total. The van der Waals surface area contributed by atoms with E-state index in [2.05, 4.69) is 59.5 Å². The Morgan fingerprint density at radius 1 is 0.469 bits per heavy atom. The Morgan fingerprint density at radius 2 is 0.969 bits per heavy atom. The molecule has 0 radical (unpaired) electrons. The number of phenols is 2. The van der Waals surface area contributed by atoms with Crippen LogP contribution in [0, 0.1) is 0 Å². The minimum absolute atomic E-state index is 0.108. The molecular formula is C28H21NO2S. The number of hydrogen-bond acceptors (Lipinski definition) is 4. The number of benzene rings is 4. The first-order chi connectivity index (χ1) is 15.7. The van der Waals surface area contributed by atoms with E-state index in [-0.39, 0.29) is 11.5 Å². The van der Waals surface area contributed by atoms with Gasteiger partial charge in [0.25, 0.3) is 0 Å². The van der Waals surface area contributed by atoms with Gasteiger partial charge in [0.2, 0.25) is 0 Å². The second-order valence-electron chi connectivity index (χ2n) is 7.42. The third-order valence-electron chi connectivity index (χ3n) is 5.30. The molecule has 0 spiro atoms. The normalized spacial score (nSPS) is 10.8. The number of thiophene rings is 1. The molecule has 5 rings (SSSR count). The van der Waals surface area contributed by atoms with Crippen molar-refractivity contribution >= 4 is 28.4 Å². The number of para-hydroxylation sites is 2. The van der Waals surface area contributed by atoms with Crippen LogP contribution in [0.4, 0.5) is 17.1 Å². The summed E-state index contributed by atoms with van der Waals surface area (Å²) in [5.41, 5.74) is 5.32. The molecule has 0 aliphatic rings. The summed E-state index contributed by atoms with van der Waals surface area (Å²) < 4.78 is 0. The van der Waals surface area contributed by atoms with E-state index in [1.165, 1.54) is 6.07 Å². The lowest BCUT2D eigenvalue weighted by Gasteiger charge is -2.25. The molecule has 0 atom stereocenters. The van der Waals surface area contributed by atoms with Crippen molar-refractivity contribution in [1.82, 2.24) is 0 Å². The molecule has 0 unspecified atom stereocenters. The number of phenolic OH excluding ortho intramolecular Hbond substituents is 2. The van der Waals surface area contributed by atoms with E-state index in [9.17, 15) is 10.2 Å². The molecule has 0 amide bonds. The van der Waals surface area contributed by atoms with E-state index < -0.39 is 0 Å². The molecule has 0 saturated heterocycles. The Labute approximate surface area is 191 Å². The van der Waals surface area contributed by atoms with Crippen molar-refractivity contribution in [3.05, 3.63) is 115 Å². The Morgan fingerprint density at radius 3 is 1.53 bits per heavy atom. The average molecular weight is 436 g/mol. The maximum Gasteiger partial charge on any atom is 0.158 e. The van der Waals surface area contributed by atoms with Crippen LogP contribution in [0.1, 0.15) is 0 Å². The third-order valence-corrected chi connectivity index (χ3v) is 6.49. The van der Waals surface area contributed by atoms with Crippen molar-refractivity contribution in [2.75, 3.05) is 4.90 Å². The van der Waals surface area contributed by atoms with Crippen LogP contribution < -0.4 is 4.90 Å². The largest absolute Gasteiger partial charge is 0.504 e. The molecular weight excluding hydrogens is 414 g/mol. The quantitative estimate of drug-likeness (QED) is 0.275. The number of anilines is 3. The van der Waals surface area contributed by atoms with Gasteiger partial charge in [-0.3, -0.25) is 0 Å². The van der Waals surface area contributed by atoms with Crippen LogP contribution in [-0.2, 0) is 0 Å². The summed E-state index contributed by atoms with van der Waals surface area (Å²) in [7, 11) is 0. The van der Waals surface area contributed by atoms with E-state index in [1.54, 1.807) is 17.4 Å². The molecule has 0 aliphatic heterocycles. The van der Waals surface area contributed by atoms with Gasteiger partial charge >= 0.3 is 0 Å². The molecule has 5 aromatic rings. The van der Waals surface area contributed by atoms with Gasteiger partial charge in [0.15, 0.2) is 11.5 Å². The van der Waals surface area contributed by atoms with Crippen LogP contribution in [-0.4, -0.2) is 10.2 Å². The number of rotatable bonds is 5. The molecule has 1 aromatic heterocycles. The highest BCUT2D eigenvalue weighted by atomic mass is 32.1. The average Bonchev–Trinajstić information content (AvgIpc) is 3.33. The van der Waals surface area contributed by atoms with Gasteiger partial charge in [-0.1, -0.05) is 48.5 Å². The molecule has 4 aromatic carbocycles. The zero-order valence-electron chi connectivity index (χ0n) is 17.2. The number of hydrogen-bond donors (Lipinski definition) is 2. The molecule has 0 aliphatic carbocycles. The summed E-state index contributed by atoms with van der Waals surface area (Å²) in [5, 5.41) is 19.4. The highest BCUT2D eigenvalue weighted by Crippen LogP contribution is 2.39. The highest BCUT2D eigenvalue weighted by molar-refractivity contribution is 7.18. The van der Waals surface area contributed by atoms with Gasteiger partial charge in [0.05, 0.1) is 0 Å². The predicted octanol–water partition coefficient (Wildman–Crippen LogP) is 7.96. The second-order valence-corrected chi connectivity index (χ2v) is 8.50. The van der Waals surface area contributed by atoms with E-state index in [0.717, 1.165) is 37.9 Å². The third kappa shape index (κ3) is 3.96. The van der Waals surface area contributed by atoms with Crippen molar-refractivity contribution in [2.45, 2.75) is 0 Å². The predicted molar refractivity (Wildman–Crippen MR) is 133 cm³/mol. The van der Waals surface area contributed by atoms with E-state index in [4.69, 9.17) is 0 Å². The molecule has 32 heavy (non-hydrogen) atoms. The van der Waals surface area contributed by atoms with E-state index in [0.29, 0.717) is 0 Å². The van der Waals surface area contributed by atoms with Crippen molar-refractivity contribution in [3.63, 3.8) is 0 Å². The van der Waals surface area contributed by atoms with Gasteiger partial charge in [0.1, 0.15) is 0 Å². The van der Waals surface area contributed by atoms with Crippen molar-refractivity contribution in [1.29, 1.82) is 0 Å². The monoisotopic (exact) mass is 435 g/mol. The molecule has 1 heterocycles. The van der Waals surface area contributed by atoms with Gasteiger partial charge < -0.3 is 15.1 Å². The van der Waals surface area contributed by atoms with Crippen LogP contribution >= 0.6 is 11.3 Å². The first-order valence-corrected chi connectivity index (χ1v) is 11.1. The SMILES string of the molecule is Oc1ccc(-c2ccc(-c3ccc(N(c4ccccc4)c4ccccc4)cc3)s2)cc1O. The summed E-state index contributed by atoms with van der Waals surface area (Å²) in [4.78, 5) is 4.42. The van der Waals surface area contributed by atoms with Crippen LogP contribution in [0.25, 0.3) is 20.9 Å². The first-order valence-electron chi connectivity index (χ1n) is 10.3. The molecule has 0 bridgehead atoms. The first kappa shape index (κ1) is 19.9. The van der Waals surface area contributed by atoms with Gasteiger partial charge in [-0.05, 0) is 77.9 Å². The Bertz CT molecular complexity index is 1290. The van der Waals surface area contributed by atoms with Crippen molar-refractivity contribution in [2.24, 2.45) is 0 Å². The summed E-state index contributed by atoms with van der Waals surface area (Å²) in [6.07, 6.45) is 0. The van der Waals surface area contributed by atoms with Crippen LogP contribution in [0.5, 0.6) is 11.5 Å². The molecule has 156 valence electrons. The smallest absolute Gasteiger partial charge is 0.158 e. The summed E-state index contributed by atoms with van der Waals surface area (Å²) in [5.74, 6) is -0.216. The standard InChI is InChI=1S/C28H21NO2S/c30-25-16-13-21(19-26(25)31)28-18-17-27(32-28)20-11-14-24(15-12-20)29(22-7-3-1-4-8-22)23-9-5-2-6-10-23/h1-19,30-31H. The maximum absolute atomic E-state index is 9.81. The zero-order valence-corrected chi connectivity index (χ0v) is 18.0. The van der Waals surface area contributed by atoms with Gasteiger partial charge in [-0.15, -0.1) is 11.3 Å². The lowest BCUT2D eigenvalue weighted by atomic mass is 10.1. The zero-order chi connectivity index (χ0) is 21.9. The summed E-state index contributed by atoms with van der Waals surface area (Å²) in [6.45, 7) is 0. The lowest BCUT2D eigenvalue weighted by molar-refractivity contribution is 0.404. The Balaban J connectivity index is 1.47.